The Morgan fingerprint density at radius 2 is 1.60 bits per heavy atom. The molecule has 0 heterocycles. The van der Waals surface area contributed by atoms with Gasteiger partial charge in [0.2, 0.25) is 5.91 Å². The number of carbonyl (C=O) groups is 2. The fraction of sp³-hybridized carbons (Fsp3) is 0.167. The maximum atomic E-state index is 13.2. The summed E-state index contributed by atoms with van der Waals surface area (Å²) in [5.41, 5.74) is 1.93. The number of amides is 2. The van der Waals surface area contributed by atoms with Crippen molar-refractivity contribution in [2.75, 3.05) is 18.6 Å². The molecule has 0 radical (unpaired) electrons. The zero-order chi connectivity index (χ0) is 21.5. The van der Waals surface area contributed by atoms with E-state index < -0.39 is 11.9 Å². The summed E-state index contributed by atoms with van der Waals surface area (Å²) in [7, 11) is 1.59. The van der Waals surface area contributed by atoms with Crippen molar-refractivity contribution in [1.29, 1.82) is 0 Å². The van der Waals surface area contributed by atoms with E-state index >= 15 is 0 Å². The van der Waals surface area contributed by atoms with Crippen LogP contribution in [0.3, 0.4) is 0 Å². The van der Waals surface area contributed by atoms with Gasteiger partial charge in [-0.2, -0.15) is 0 Å². The third-order valence-corrected chi connectivity index (χ3v) is 5.55. The van der Waals surface area contributed by atoms with Crippen LogP contribution in [0.1, 0.15) is 15.9 Å². The van der Waals surface area contributed by atoms with E-state index in [1.54, 1.807) is 18.8 Å². The van der Waals surface area contributed by atoms with Crippen molar-refractivity contribution in [1.82, 2.24) is 4.90 Å². The molecule has 3 aromatic carbocycles. The third-order valence-electron chi connectivity index (χ3n) is 4.81. The number of nitrogens with zero attached hydrogens (tertiary/aromatic N) is 1. The molecule has 0 spiro atoms. The number of likely N-dealkylation sites (N-methyl/N-ethyl adjacent to an activating group) is 1. The third kappa shape index (κ3) is 5.48. The molecule has 30 heavy (non-hydrogen) atoms. The van der Waals surface area contributed by atoms with Crippen molar-refractivity contribution >= 4 is 29.3 Å². The molecule has 0 aromatic heterocycles. The summed E-state index contributed by atoms with van der Waals surface area (Å²) in [6.45, 7) is 0. The highest BCUT2D eigenvalue weighted by Gasteiger charge is 2.28. The Labute approximate surface area is 180 Å². The molecule has 6 heteroatoms. The monoisotopic (exact) mass is 422 g/mol. The van der Waals surface area contributed by atoms with Crippen molar-refractivity contribution in [3.05, 3.63) is 95.8 Å². The maximum absolute atomic E-state index is 13.2. The summed E-state index contributed by atoms with van der Waals surface area (Å²) in [6, 6.07) is 21.7. The second kappa shape index (κ2) is 10.1. The van der Waals surface area contributed by atoms with Gasteiger partial charge in [0.1, 0.15) is 11.9 Å². The maximum Gasteiger partial charge on any atom is 0.254 e. The summed E-state index contributed by atoms with van der Waals surface area (Å²) >= 11 is 1.62. The van der Waals surface area contributed by atoms with E-state index in [1.807, 2.05) is 60.9 Å². The summed E-state index contributed by atoms with van der Waals surface area (Å²) < 4.78 is 13.2. The molecule has 0 aliphatic rings. The first-order valence-corrected chi connectivity index (χ1v) is 10.7. The predicted octanol–water partition coefficient (Wildman–Crippen LogP) is 4.87. The Bertz CT molecular complexity index is 992. The number of halogens is 1. The Morgan fingerprint density at radius 3 is 2.20 bits per heavy atom. The first-order valence-electron chi connectivity index (χ1n) is 9.49. The number of hydrogen-bond donors (Lipinski definition) is 1. The molecular formula is C24H23FN2O2S. The molecule has 0 saturated heterocycles. The van der Waals surface area contributed by atoms with Crippen LogP contribution in [0.15, 0.2) is 83.8 Å². The molecule has 3 rings (SSSR count). The van der Waals surface area contributed by atoms with Crippen molar-refractivity contribution in [2.24, 2.45) is 0 Å². The summed E-state index contributed by atoms with van der Waals surface area (Å²) in [5, 5.41) is 2.91. The van der Waals surface area contributed by atoms with Crippen LogP contribution in [0.4, 0.5) is 10.1 Å². The highest BCUT2D eigenvalue weighted by molar-refractivity contribution is 7.98. The average Bonchev–Trinajstić information content (AvgIpc) is 2.78. The number of hydrogen-bond acceptors (Lipinski definition) is 3. The van der Waals surface area contributed by atoms with Crippen molar-refractivity contribution in [2.45, 2.75) is 17.4 Å². The minimum atomic E-state index is -0.731. The van der Waals surface area contributed by atoms with E-state index in [0.29, 0.717) is 17.7 Å². The van der Waals surface area contributed by atoms with Gasteiger partial charge in [-0.15, -0.1) is 11.8 Å². The molecule has 154 valence electrons. The SMILES string of the molecule is CSc1ccc(NC(=O)C(Cc2ccccc2)N(C)C(=O)c2ccc(F)cc2)cc1. The van der Waals surface area contributed by atoms with Crippen LogP contribution in [-0.4, -0.2) is 36.1 Å². The molecule has 0 fully saturated rings. The largest absolute Gasteiger partial charge is 0.329 e. The number of carbonyl (C=O) groups excluding carboxylic acids is 2. The quantitative estimate of drug-likeness (QED) is 0.553. The fourth-order valence-electron chi connectivity index (χ4n) is 3.08. The van der Waals surface area contributed by atoms with Gasteiger partial charge in [0, 0.05) is 29.6 Å². The fourth-order valence-corrected chi connectivity index (χ4v) is 3.49. The molecule has 0 bridgehead atoms. The topological polar surface area (TPSA) is 49.4 Å². The lowest BCUT2D eigenvalue weighted by molar-refractivity contribution is -0.120. The number of anilines is 1. The van der Waals surface area contributed by atoms with Crippen LogP contribution in [-0.2, 0) is 11.2 Å². The van der Waals surface area contributed by atoms with Crippen LogP contribution in [0.2, 0.25) is 0 Å². The van der Waals surface area contributed by atoms with Crippen molar-refractivity contribution in [3.8, 4) is 0 Å². The Hall–Kier alpha value is -3.12. The van der Waals surface area contributed by atoms with Gasteiger partial charge in [-0.3, -0.25) is 9.59 Å². The lowest BCUT2D eigenvalue weighted by Crippen LogP contribution is -2.46. The van der Waals surface area contributed by atoms with Crippen molar-refractivity contribution < 1.29 is 14.0 Å². The second-order valence-electron chi connectivity index (χ2n) is 6.85. The molecular weight excluding hydrogens is 399 g/mol. The van der Waals surface area contributed by atoms with Crippen molar-refractivity contribution in [3.63, 3.8) is 0 Å². The first-order chi connectivity index (χ1) is 14.5. The Balaban J connectivity index is 1.83. The molecule has 0 aliphatic carbocycles. The number of rotatable bonds is 7. The molecule has 3 aromatic rings. The standard InChI is InChI=1S/C24H23FN2O2S/c1-27(24(29)18-8-10-19(25)11-9-18)22(16-17-6-4-3-5-7-17)23(28)26-20-12-14-21(30-2)15-13-20/h3-15,22H,16H2,1-2H3,(H,26,28). The van der Waals surface area contributed by atoms with E-state index in [1.165, 1.54) is 29.2 Å². The highest BCUT2D eigenvalue weighted by atomic mass is 32.2. The molecule has 4 nitrogen and oxygen atoms in total. The first kappa shape index (κ1) is 21.6. The minimum absolute atomic E-state index is 0.284. The van der Waals surface area contributed by atoms with E-state index in [-0.39, 0.29) is 11.8 Å². The Kier molecular flexibility index (Phi) is 7.25. The number of thioether (sulfide) groups is 1. The van der Waals surface area contributed by atoms with Gasteiger partial charge in [0.05, 0.1) is 0 Å². The van der Waals surface area contributed by atoms with E-state index in [9.17, 15) is 14.0 Å². The second-order valence-corrected chi connectivity index (χ2v) is 7.73. The van der Waals surface area contributed by atoms with Gasteiger partial charge in [-0.1, -0.05) is 30.3 Å². The van der Waals surface area contributed by atoms with Gasteiger partial charge >= 0.3 is 0 Å². The molecule has 1 atom stereocenters. The summed E-state index contributed by atoms with van der Waals surface area (Å²) in [6.07, 6.45) is 2.35. The van der Waals surface area contributed by atoms with Crippen LogP contribution < -0.4 is 5.32 Å². The normalized spacial score (nSPS) is 11.6. The van der Waals surface area contributed by atoms with Gasteiger partial charge in [-0.05, 0) is 60.4 Å². The summed E-state index contributed by atoms with van der Waals surface area (Å²) in [4.78, 5) is 28.6. The Morgan fingerprint density at radius 1 is 0.967 bits per heavy atom. The van der Waals surface area contributed by atoms with Gasteiger partial charge in [0.25, 0.3) is 5.91 Å². The average molecular weight is 423 g/mol. The molecule has 0 aliphatic heterocycles. The van der Waals surface area contributed by atoms with Crippen LogP contribution in [0.5, 0.6) is 0 Å². The number of benzene rings is 3. The molecule has 1 unspecified atom stereocenters. The van der Waals surface area contributed by atoms with E-state index in [0.717, 1.165) is 10.5 Å². The van der Waals surface area contributed by atoms with Crippen LogP contribution in [0, 0.1) is 5.82 Å². The molecule has 0 saturated carbocycles. The number of nitrogens with one attached hydrogen (secondary N) is 1. The predicted molar refractivity (Wildman–Crippen MR) is 119 cm³/mol. The van der Waals surface area contributed by atoms with E-state index in [2.05, 4.69) is 5.32 Å². The van der Waals surface area contributed by atoms with Gasteiger partial charge in [-0.25, -0.2) is 4.39 Å². The highest BCUT2D eigenvalue weighted by Crippen LogP contribution is 2.19. The summed E-state index contributed by atoms with van der Waals surface area (Å²) in [5.74, 6) is -1.04. The van der Waals surface area contributed by atoms with Crippen LogP contribution in [0.25, 0.3) is 0 Å². The molecule has 2 amide bonds. The minimum Gasteiger partial charge on any atom is -0.329 e. The van der Waals surface area contributed by atoms with Gasteiger partial charge < -0.3 is 10.2 Å². The van der Waals surface area contributed by atoms with E-state index in [4.69, 9.17) is 0 Å². The van der Waals surface area contributed by atoms with Crippen LogP contribution >= 0.6 is 11.8 Å². The zero-order valence-corrected chi connectivity index (χ0v) is 17.7. The lowest BCUT2D eigenvalue weighted by atomic mass is 10.0. The van der Waals surface area contributed by atoms with Gasteiger partial charge in [0.15, 0.2) is 0 Å². The lowest BCUT2D eigenvalue weighted by Gasteiger charge is -2.28. The smallest absolute Gasteiger partial charge is 0.254 e. The molecule has 1 N–H and O–H groups in total. The zero-order valence-electron chi connectivity index (χ0n) is 16.8.